The highest BCUT2D eigenvalue weighted by atomic mass is 79.9. The van der Waals surface area contributed by atoms with Gasteiger partial charge < -0.3 is 11.1 Å². The minimum Gasteiger partial charge on any atom is -0.324 e. The van der Waals surface area contributed by atoms with Crippen molar-refractivity contribution >= 4 is 27.5 Å². The number of halogens is 1. The van der Waals surface area contributed by atoms with Crippen molar-refractivity contribution in [3.05, 3.63) is 40.6 Å². The fourth-order valence-electron chi connectivity index (χ4n) is 1.93. The monoisotopic (exact) mass is 351 g/mol. The Kier molecular flexibility index (Phi) is 5.46. The summed E-state index contributed by atoms with van der Waals surface area (Å²) in [5, 5.41) is 10.8. The van der Waals surface area contributed by atoms with E-state index in [-0.39, 0.29) is 18.5 Å². The summed E-state index contributed by atoms with van der Waals surface area (Å²) in [4.78, 5) is 12.0. The third-order valence-corrected chi connectivity index (χ3v) is 3.44. The van der Waals surface area contributed by atoms with Gasteiger partial charge in [-0.2, -0.15) is 0 Å². The third kappa shape index (κ3) is 4.64. The molecular weight excluding hydrogens is 334 g/mol. The molecule has 0 fully saturated rings. The first-order chi connectivity index (χ1) is 10.1. The number of hydrogen-bond acceptors (Lipinski definition) is 4. The van der Waals surface area contributed by atoms with Gasteiger partial charge in [-0.3, -0.25) is 4.79 Å². The molecule has 6 nitrogen and oxygen atoms in total. The number of anilines is 1. The minimum absolute atomic E-state index is 0.109. The molecule has 2 aromatic rings. The fraction of sp³-hybridized carbons (Fsp3) is 0.357. The molecule has 0 saturated carbocycles. The number of benzene rings is 1. The van der Waals surface area contributed by atoms with Crippen LogP contribution >= 0.6 is 15.9 Å². The number of nitrogens with two attached hydrogens (primary N) is 1. The summed E-state index contributed by atoms with van der Waals surface area (Å²) >= 11 is 3.36. The molecule has 0 spiro atoms. The molecule has 1 atom stereocenters. The first kappa shape index (κ1) is 15.7. The van der Waals surface area contributed by atoms with Gasteiger partial charge in [0, 0.05) is 10.2 Å². The lowest BCUT2D eigenvalue weighted by Gasteiger charge is -2.06. The molecule has 0 saturated heterocycles. The van der Waals surface area contributed by atoms with Crippen molar-refractivity contribution in [3.8, 4) is 0 Å². The van der Waals surface area contributed by atoms with Gasteiger partial charge in [-0.15, -0.1) is 5.10 Å². The van der Waals surface area contributed by atoms with E-state index in [0.29, 0.717) is 5.69 Å². The molecular formula is C14H18BrN5O. The molecule has 0 aliphatic carbocycles. The first-order valence-corrected chi connectivity index (χ1v) is 7.59. The highest BCUT2D eigenvalue weighted by Crippen LogP contribution is 2.16. The molecule has 1 amide bonds. The largest absolute Gasteiger partial charge is 0.324 e. The zero-order valence-corrected chi connectivity index (χ0v) is 13.4. The van der Waals surface area contributed by atoms with E-state index in [4.69, 9.17) is 5.73 Å². The van der Waals surface area contributed by atoms with Crippen LogP contribution in [0, 0.1) is 0 Å². The number of hydrogen-bond donors (Lipinski definition) is 2. The minimum atomic E-state index is -0.159. The number of aromatic nitrogens is 3. The average molecular weight is 352 g/mol. The van der Waals surface area contributed by atoms with E-state index < -0.39 is 0 Å². The zero-order chi connectivity index (χ0) is 15.2. The number of nitrogens with one attached hydrogen (secondary N) is 1. The summed E-state index contributed by atoms with van der Waals surface area (Å²) in [7, 11) is 0. The van der Waals surface area contributed by atoms with Crippen LogP contribution in [-0.4, -0.2) is 20.9 Å². The lowest BCUT2D eigenvalue weighted by Crippen LogP contribution is -2.19. The molecule has 0 aliphatic heterocycles. The Labute approximate surface area is 131 Å². The number of carbonyl (C=O) groups is 1. The molecule has 1 aromatic carbocycles. The van der Waals surface area contributed by atoms with E-state index in [9.17, 15) is 4.79 Å². The topological polar surface area (TPSA) is 85.8 Å². The molecule has 0 bridgehead atoms. The van der Waals surface area contributed by atoms with E-state index in [0.717, 1.165) is 23.0 Å². The summed E-state index contributed by atoms with van der Waals surface area (Å²) in [6, 6.07) is 7.29. The molecule has 3 N–H and O–H groups in total. The predicted molar refractivity (Wildman–Crippen MR) is 84.6 cm³/mol. The maximum atomic E-state index is 12.0. The van der Waals surface area contributed by atoms with Gasteiger partial charge in [0.25, 0.3) is 0 Å². The van der Waals surface area contributed by atoms with E-state index >= 15 is 0 Å². The van der Waals surface area contributed by atoms with Crippen molar-refractivity contribution in [1.82, 2.24) is 15.0 Å². The standard InChI is InChI=1S/C14H18BrN5O/c1-2-4-12(16)13-8-20(19-18-13)9-14(21)17-11-6-3-5-10(15)7-11/h3,5-8,12H,2,4,9,16H2,1H3,(H,17,21). The van der Waals surface area contributed by atoms with Crippen LogP contribution in [-0.2, 0) is 11.3 Å². The molecule has 0 radical (unpaired) electrons. The number of carbonyl (C=O) groups excluding carboxylic acids is 1. The molecule has 2 rings (SSSR count). The smallest absolute Gasteiger partial charge is 0.246 e. The fourth-order valence-corrected chi connectivity index (χ4v) is 2.33. The predicted octanol–water partition coefficient (Wildman–Crippen LogP) is 2.48. The highest BCUT2D eigenvalue weighted by molar-refractivity contribution is 9.10. The summed E-state index contributed by atoms with van der Waals surface area (Å²) in [5.74, 6) is -0.159. The molecule has 21 heavy (non-hydrogen) atoms. The van der Waals surface area contributed by atoms with Crippen molar-refractivity contribution < 1.29 is 4.79 Å². The Morgan fingerprint density at radius 3 is 3.05 bits per heavy atom. The average Bonchev–Trinajstić information content (AvgIpc) is 2.87. The van der Waals surface area contributed by atoms with Gasteiger partial charge in [0.2, 0.25) is 5.91 Å². The second kappa shape index (κ2) is 7.33. The molecule has 1 aromatic heterocycles. The second-order valence-corrected chi connectivity index (χ2v) is 5.71. The lowest BCUT2D eigenvalue weighted by atomic mass is 10.1. The maximum Gasteiger partial charge on any atom is 0.246 e. The van der Waals surface area contributed by atoms with Crippen molar-refractivity contribution in [2.24, 2.45) is 5.73 Å². The van der Waals surface area contributed by atoms with E-state index in [2.05, 4.69) is 38.5 Å². The first-order valence-electron chi connectivity index (χ1n) is 6.79. The Hall–Kier alpha value is -1.73. The molecule has 1 unspecified atom stereocenters. The maximum absolute atomic E-state index is 12.0. The summed E-state index contributed by atoms with van der Waals surface area (Å²) in [5.41, 5.74) is 7.42. The Morgan fingerprint density at radius 1 is 1.52 bits per heavy atom. The van der Waals surface area contributed by atoms with Gasteiger partial charge in [-0.1, -0.05) is 40.6 Å². The van der Waals surface area contributed by atoms with Crippen LogP contribution in [0.1, 0.15) is 31.5 Å². The van der Waals surface area contributed by atoms with E-state index in [1.54, 1.807) is 6.20 Å². The summed E-state index contributed by atoms with van der Waals surface area (Å²) in [6.45, 7) is 2.17. The van der Waals surface area contributed by atoms with Crippen LogP contribution in [0.5, 0.6) is 0 Å². The SMILES string of the molecule is CCCC(N)c1cn(CC(=O)Nc2cccc(Br)c2)nn1. The van der Waals surface area contributed by atoms with Crippen LogP contribution < -0.4 is 11.1 Å². The van der Waals surface area contributed by atoms with Crippen LogP contribution in [0.4, 0.5) is 5.69 Å². The number of amides is 1. The summed E-state index contributed by atoms with van der Waals surface area (Å²) in [6.07, 6.45) is 3.56. The molecule has 0 aliphatic rings. The Bertz CT molecular complexity index is 613. The van der Waals surface area contributed by atoms with Gasteiger partial charge in [-0.25, -0.2) is 4.68 Å². The van der Waals surface area contributed by atoms with Crippen LogP contribution in [0.2, 0.25) is 0 Å². The summed E-state index contributed by atoms with van der Waals surface area (Å²) < 4.78 is 2.41. The van der Waals surface area contributed by atoms with Crippen molar-refractivity contribution in [1.29, 1.82) is 0 Å². The lowest BCUT2D eigenvalue weighted by molar-refractivity contribution is -0.116. The van der Waals surface area contributed by atoms with Gasteiger partial charge in [0.1, 0.15) is 6.54 Å². The number of nitrogens with zero attached hydrogens (tertiary/aromatic N) is 3. The normalized spacial score (nSPS) is 12.1. The van der Waals surface area contributed by atoms with Crippen molar-refractivity contribution in [2.45, 2.75) is 32.4 Å². The Morgan fingerprint density at radius 2 is 2.33 bits per heavy atom. The van der Waals surface area contributed by atoms with Crippen LogP contribution in [0.3, 0.4) is 0 Å². The van der Waals surface area contributed by atoms with Crippen molar-refractivity contribution in [2.75, 3.05) is 5.32 Å². The van der Waals surface area contributed by atoms with Gasteiger partial charge in [0.05, 0.1) is 17.9 Å². The Balaban J connectivity index is 1.94. The second-order valence-electron chi connectivity index (χ2n) is 4.79. The van der Waals surface area contributed by atoms with Crippen LogP contribution in [0.15, 0.2) is 34.9 Å². The molecule has 1 heterocycles. The van der Waals surface area contributed by atoms with Crippen LogP contribution in [0.25, 0.3) is 0 Å². The quantitative estimate of drug-likeness (QED) is 0.836. The van der Waals surface area contributed by atoms with Crippen molar-refractivity contribution in [3.63, 3.8) is 0 Å². The molecule has 7 heteroatoms. The van der Waals surface area contributed by atoms with E-state index in [1.807, 2.05) is 24.3 Å². The van der Waals surface area contributed by atoms with E-state index in [1.165, 1.54) is 4.68 Å². The van der Waals surface area contributed by atoms with Gasteiger partial charge in [0.15, 0.2) is 0 Å². The highest BCUT2D eigenvalue weighted by Gasteiger charge is 2.11. The molecule has 112 valence electrons. The third-order valence-electron chi connectivity index (χ3n) is 2.95. The van der Waals surface area contributed by atoms with Gasteiger partial charge >= 0.3 is 0 Å². The zero-order valence-electron chi connectivity index (χ0n) is 11.8. The van der Waals surface area contributed by atoms with Gasteiger partial charge in [-0.05, 0) is 24.6 Å². The number of rotatable bonds is 6.